The van der Waals surface area contributed by atoms with Crippen molar-refractivity contribution in [3.63, 3.8) is 0 Å². The molecule has 0 aliphatic rings. The molecule has 15 heavy (non-hydrogen) atoms. The van der Waals surface area contributed by atoms with E-state index in [1.54, 1.807) is 6.20 Å². The zero-order valence-corrected chi connectivity index (χ0v) is 9.75. The monoisotopic (exact) mass is 208 g/mol. The van der Waals surface area contributed by atoms with Crippen molar-refractivity contribution in [3.05, 3.63) is 23.9 Å². The molecule has 0 spiro atoms. The largest absolute Gasteiger partial charge is 0.388 e. The van der Waals surface area contributed by atoms with Crippen LogP contribution in [-0.2, 0) is 0 Å². The average molecular weight is 208 g/mol. The molecule has 0 radical (unpaired) electrons. The maximum absolute atomic E-state index is 9.95. The maximum Gasteiger partial charge on any atom is 0.126 e. The molecule has 2 N–H and O–H groups in total. The summed E-state index contributed by atoms with van der Waals surface area (Å²) in [6.07, 6.45) is 3.55. The number of hydrogen-bond donors (Lipinski definition) is 2. The van der Waals surface area contributed by atoms with Crippen LogP contribution in [0.15, 0.2) is 18.3 Å². The van der Waals surface area contributed by atoms with Crippen LogP contribution in [0.2, 0.25) is 0 Å². The van der Waals surface area contributed by atoms with Gasteiger partial charge in [-0.1, -0.05) is 13.3 Å². The number of pyridine rings is 1. The zero-order valence-electron chi connectivity index (χ0n) is 9.75. The second kappa shape index (κ2) is 5.12. The summed E-state index contributed by atoms with van der Waals surface area (Å²) in [5, 5.41) is 13.1. The highest BCUT2D eigenvalue weighted by molar-refractivity contribution is 5.37. The number of aryl methyl sites for hydroxylation is 1. The molecule has 84 valence electrons. The molecule has 1 aromatic rings. The minimum Gasteiger partial charge on any atom is -0.388 e. The van der Waals surface area contributed by atoms with Gasteiger partial charge in [0.2, 0.25) is 0 Å². The van der Waals surface area contributed by atoms with Crippen molar-refractivity contribution in [2.75, 3.05) is 11.9 Å². The van der Waals surface area contributed by atoms with Crippen LogP contribution in [0.4, 0.5) is 5.82 Å². The molecule has 0 bridgehead atoms. The Morgan fingerprint density at radius 2 is 2.27 bits per heavy atom. The third kappa shape index (κ3) is 4.30. The van der Waals surface area contributed by atoms with Crippen molar-refractivity contribution < 1.29 is 5.11 Å². The fourth-order valence-corrected chi connectivity index (χ4v) is 1.54. The van der Waals surface area contributed by atoms with Crippen LogP contribution in [0, 0.1) is 6.92 Å². The normalized spacial score (nSPS) is 14.7. The molecule has 0 fully saturated rings. The van der Waals surface area contributed by atoms with Crippen LogP contribution < -0.4 is 5.32 Å². The van der Waals surface area contributed by atoms with Crippen LogP contribution in [0.5, 0.6) is 0 Å². The Labute approximate surface area is 91.5 Å². The summed E-state index contributed by atoms with van der Waals surface area (Å²) in [5.41, 5.74) is 0.517. The molecule has 0 saturated heterocycles. The van der Waals surface area contributed by atoms with Gasteiger partial charge in [-0.15, -0.1) is 0 Å². The molecule has 1 aromatic heterocycles. The fraction of sp³-hybridized carbons (Fsp3) is 0.583. The molecule has 0 aliphatic heterocycles. The molecule has 1 heterocycles. The Kier molecular flexibility index (Phi) is 4.09. The summed E-state index contributed by atoms with van der Waals surface area (Å²) in [5.74, 6) is 0.825. The van der Waals surface area contributed by atoms with Gasteiger partial charge in [-0.25, -0.2) is 4.98 Å². The number of nitrogens with zero attached hydrogens (tertiary/aromatic N) is 1. The highest BCUT2D eigenvalue weighted by atomic mass is 16.3. The predicted molar refractivity (Wildman–Crippen MR) is 63.0 cm³/mol. The summed E-state index contributed by atoms with van der Waals surface area (Å²) < 4.78 is 0. The maximum atomic E-state index is 9.95. The third-order valence-electron chi connectivity index (χ3n) is 2.35. The molecule has 0 saturated carbocycles. The van der Waals surface area contributed by atoms with Crippen LogP contribution >= 0.6 is 0 Å². The van der Waals surface area contributed by atoms with Crippen LogP contribution in [0.25, 0.3) is 0 Å². The van der Waals surface area contributed by atoms with Crippen LogP contribution in [0.3, 0.4) is 0 Å². The summed E-state index contributed by atoms with van der Waals surface area (Å²) in [6.45, 7) is 6.48. The second-order valence-electron chi connectivity index (χ2n) is 4.32. The van der Waals surface area contributed by atoms with Crippen molar-refractivity contribution in [1.29, 1.82) is 0 Å². The molecular formula is C12H20N2O. The van der Waals surface area contributed by atoms with Gasteiger partial charge in [0.05, 0.1) is 5.60 Å². The van der Waals surface area contributed by atoms with E-state index < -0.39 is 5.60 Å². The lowest BCUT2D eigenvalue weighted by atomic mass is 10.0. The van der Waals surface area contributed by atoms with Gasteiger partial charge < -0.3 is 10.4 Å². The first-order valence-electron chi connectivity index (χ1n) is 5.42. The lowest BCUT2D eigenvalue weighted by Crippen LogP contribution is -2.33. The first-order chi connectivity index (χ1) is 7.03. The summed E-state index contributed by atoms with van der Waals surface area (Å²) in [4.78, 5) is 4.18. The number of rotatable bonds is 5. The number of hydrogen-bond acceptors (Lipinski definition) is 3. The number of nitrogens with one attached hydrogen (secondary N) is 1. The van der Waals surface area contributed by atoms with Crippen molar-refractivity contribution in [2.24, 2.45) is 0 Å². The second-order valence-corrected chi connectivity index (χ2v) is 4.32. The molecule has 3 nitrogen and oxygen atoms in total. The van der Waals surface area contributed by atoms with Gasteiger partial charge in [0, 0.05) is 12.7 Å². The average Bonchev–Trinajstić information content (AvgIpc) is 2.15. The zero-order chi connectivity index (χ0) is 11.3. The lowest BCUT2D eigenvalue weighted by molar-refractivity contribution is 0.0636. The van der Waals surface area contributed by atoms with E-state index in [4.69, 9.17) is 0 Å². The predicted octanol–water partition coefficient (Wildman–Crippen LogP) is 2.35. The van der Waals surface area contributed by atoms with E-state index in [2.05, 4.69) is 17.2 Å². The van der Waals surface area contributed by atoms with E-state index in [0.717, 1.165) is 18.7 Å². The van der Waals surface area contributed by atoms with Crippen molar-refractivity contribution >= 4 is 5.82 Å². The van der Waals surface area contributed by atoms with Gasteiger partial charge in [-0.3, -0.25) is 0 Å². The molecule has 1 unspecified atom stereocenters. The van der Waals surface area contributed by atoms with E-state index in [1.165, 1.54) is 5.56 Å². The number of aromatic nitrogens is 1. The molecule has 0 amide bonds. The van der Waals surface area contributed by atoms with Gasteiger partial charge in [-0.05, 0) is 38.0 Å². The summed E-state index contributed by atoms with van der Waals surface area (Å²) in [7, 11) is 0. The lowest BCUT2D eigenvalue weighted by Gasteiger charge is -2.23. The Morgan fingerprint density at radius 1 is 1.53 bits per heavy atom. The van der Waals surface area contributed by atoms with Gasteiger partial charge in [0.25, 0.3) is 0 Å². The Hall–Kier alpha value is -1.09. The van der Waals surface area contributed by atoms with Gasteiger partial charge in [-0.2, -0.15) is 0 Å². The molecule has 1 rings (SSSR count). The van der Waals surface area contributed by atoms with E-state index in [9.17, 15) is 5.11 Å². The first-order valence-corrected chi connectivity index (χ1v) is 5.42. The molecule has 0 aromatic carbocycles. The Morgan fingerprint density at radius 3 is 2.87 bits per heavy atom. The highest BCUT2D eigenvalue weighted by Crippen LogP contribution is 2.13. The van der Waals surface area contributed by atoms with Crippen molar-refractivity contribution in [3.8, 4) is 0 Å². The molecule has 1 atom stereocenters. The van der Waals surface area contributed by atoms with E-state index in [1.807, 2.05) is 26.0 Å². The summed E-state index contributed by atoms with van der Waals surface area (Å²) >= 11 is 0. The topological polar surface area (TPSA) is 45.1 Å². The number of aliphatic hydroxyl groups is 1. The summed E-state index contributed by atoms with van der Waals surface area (Å²) in [6, 6.07) is 3.93. The van der Waals surface area contributed by atoms with Gasteiger partial charge in [0.1, 0.15) is 5.82 Å². The SMILES string of the molecule is CCCC(C)(O)CNc1cc(C)ccn1. The standard InChI is InChI=1S/C12H20N2O/c1-4-6-12(3,15)9-14-11-8-10(2)5-7-13-11/h5,7-8,15H,4,6,9H2,1-3H3,(H,13,14). The van der Waals surface area contributed by atoms with Crippen LogP contribution in [0.1, 0.15) is 32.3 Å². The van der Waals surface area contributed by atoms with Gasteiger partial charge in [0.15, 0.2) is 0 Å². The Balaban J connectivity index is 2.49. The Bertz CT molecular complexity index is 310. The van der Waals surface area contributed by atoms with E-state index >= 15 is 0 Å². The number of anilines is 1. The molecule has 3 heteroatoms. The van der Waals surface area contributed by atoms with Crippen molar-refractivity contribution in [1.82, 2.24) is 4.98 Å². The minimum absolute atomic E-state index is 0.539. The van der Waals surface area contributed by atoms with E-state index in [0.29, 0.717) is 6.54 Å². The van der Waals surface area contributed by atoms with E-state index in [-0.39, 0.29) is 0 Å². The van der Waals surface area contributed by atoms with Gasteiger partial charge >= 0.3 is 0 Å². The highest BCUT2D eigenvalue weighted by Gasteiger charge is 2.18. The molecule has 0 aliphatic carbocycles. The fourth-order valence-electron chi connectivity index (χ4n) is 1.54. The first kappa shape index (κ1) is 12.0. The molecular weight excluding hydrogens is 188 g/mol. The quantitative estimate of drug-likeness (QED) is 0.780. The third-order valence-corrected chi connectivity index (χ3v) is 2.35. The van der Waals surface area contributed by atoms with Crippen LogP contribution in [-0.4, -0.2) is 22.2 Å². The smallest absolute Gasteiger partial charge is 0.126 e. The van der Waals surface area contributed by atoms with Crippen molar-refractivity contribution in [2.45, 2.75) is 39.2 Å². The minimum atomic E-state index is -0.653.